The number of thiocarbonyl (C=S) groups is 1. The average Bonchev–Trinajstić information content (AvgIpc) is 2.68. The van der Waals surface area contributed by atoms with Crippen LogP contribution >= 0.6 is 12.2 Å². The monoisotopic (exact) mass is 231 g/mol. The van der Waals surface area contributed by atoms with E-state index in [1.165, 1.54) is 28.8 Å². The lowest BCUT2D eigenvalue weighted by atomic mass is 9.92. The molecule has 2 heterocycles. The van der Waals surface area contributed by atoms with Crippen LogP contribution in [0.4, 0.5) is 5.69 Å². The van der Waals surface area contributed by atoms with Crippen molar-refractivity contribution in [2.45, 2.75) is 39.0 Å². The van der Waals surface area contributed by atoms with Crippen molar-refractivity contribution in [1.82, 2.24) is 0 Å². The van der Waals surface area contributed by atoms with E-state index >= 15 is 0 Å². The first-order chi connectivity index (χ1) is 7.66. The third-order valence-electron chi connectivity index (χ3n) is 3.74. The van der Waals surface area contributed by atoms with Crippen molar-refractivity contribution in [2.75, 3.05) is 11.4 Å². The van der Waals surface area contributed by atoms with Crippen molar-refractivity contribution in [2.24, 2.45) is 0 Å². The highest BCUT2D eigenvalue weighted by molar-refractivity contribution is 7.80. The van der Waals surface area contributed by atoms with Crippen LogP contribution in [-0.2, 0) is 12.8 Å². The SMILES string of the molecule is CC(C)c1cc2c3c(c1)CCN3C(=S)CC2. The van der Waals surface area contributed by atoms with Gasteiger partial charge >= 0.3 is 0 Å². The quantitative estimate of drug-likeness (QED) is 0.681. The van der Waals surface area contributed by atoms with E-state index in [9.17, 15) is 0 Å². The molecule has 0 aliphatic carbocycles. The first kappa shape index (κ1) is 10.3. The first-order valence-corrected chi connectivity index (χ1v) is 6.53. The number of rotatable bonds is 1. The summed E-state index contributed by atoms with van der Waals surface area (Å²) < 4.78 is 0. The Kier molecular flexibility index (Phi) is 2.28. The van der Waals surface area contributed by atoms with Crippen LogP contribution in [0.5, 0.6) is 0 Å². The minimum absolute atomic E-state index is 0.629. The van der Waals surface area contributed by atoms with Gasteiger partial charge in [-0.3, -0.25) is 0 Å². The normalized spacial score (nSPS) is 18.2. The fourth-order valence-corrected chi connectivity index (χ4v) is 3.10. The molecule has 0 spiro atoms. The van der Waals surface area contributed by atoms with Crippen LogP contribution in [0.2, 0.25) is 0 Å². The molecule has 0 fully saturated rings. The molecule has 1 nitrogen and oxygen atoms in total. The summed E-state index contributed by atoms with van der Waals surface area (Å²) in [7, 11) is 0. The summed E-state index contributed by atoms with van der Waals surface area (Å²) in [6.07, 6.45) is 3.37. The molecule has 0 radical (unpaired) electrons. The molecule has 0 amide bonds. The van der Waals surface area contributed by atoms with E-state index in [0.717, 1.165) is 24.4 Å². The Morgan fingerprint density at radius 1 is 1.12 bits per heavy atom. The fraction of sp³-hybridized carbons (Fsp3) is 0.500. The van der Waals surface area contributed by atoms with Gasteiger partial charge < -0.3 is 4.90 Å². The van der Waals surface area contributed by atoms with Crippen molar-refractivity contribution in [3.63, 3.8) is 0 Å². The van der Waals surface area contributed by atoms with Crippen LogP contribution < -0.4 is 4.90 Å². The average molecular weight is 231 g/mol. The number of nitrogens with zero attached hydrogens (tertiary/aromatic N) is 1. The van der Waals surface area contributed by atoms with Gasteiger partial charge in [-0.2, -0.15) is 0 Å². The summed E-state index contributed by atoms with van der Waals surface area (Å²) in [5.74, 6) is 0.629. The molecule has 2 aliphatic heterocycles. The molecule has 3 rings (SSSR count). The number of hydrogen-bond donors (Lipinski definition) is 0. The van der Waals surface area contributed by atoms with Crippen molar-refractivity contribution < 1.29 is 0 Å². The summed E-state index contributed by atoms with van der Waals surface area (Å²) >= 11 is 5.45. The Morgan fingerprint density at radius 2 is 1.81 bits per heavy atom. The molecular formula is C14H17NS. The van der Waals surface area contributed by atoms with Crippen LogP contribution in [0, 0.1) is 0 Å². The van der Waals surface area contributed by atoms with E-state index in [1.54, 1.807) is 0 Å². The zero-order valence-corrected chi connectivity index (χ0v) is 10.7. The standard InChI is InChI=1S/C14H17NS/c1-9(2)12-7-10-3-4-13(16)15-6-5-11(8-12)14(10)15/h7-9H,3-6H2,1-2H3. The minimum Gasteiger partial charge on any atom is -0.335 e. The van der Waals surface area contributed by atoms with Gasteiger partial charge in [0.15, 0.2) is 0 Å². The largest absolute Gasteiger partial charge is 0.335 e. The summed E-state index contributed by atoms with van der Waals surface area (Å²) in [5, 5.41) is 0. The molecule has 0 unspecified atom stereocenters. The molecule has 0 saturated heterocycles. The third-order valence-corrected chi connectivity index (χ3v) is 4.17. The Labute approximate surface area is 102 Å². The zero-order valence-electron chi connectivity index (χ0n) is 9.92. The van der Waals surface area contributed by atoms with Crippen LogP contribution in [0.1, 0.15) is 42.9 Å². The van der Waals surface area contributed by atoms with Crippen molar-refractivity contribution in [1.29, 1.82) is 0 Å². The van der Waals surface area contributed by atoms with Crippen molar-refractivity contribution in [3.8, 4) is 0 Å². The predicted octanol–water partition coefficient (Wildman–Crippen LogP) is 3.45. The minimum atomic E-state index is 0.629. The molecule has 0 aromatic heterocycles. The maximum absolute atomic E-state index is 5.45. The van der Waals surface area contributed by atoms with Gasteiger partial charge in [0.25, 0.3) is 0 Å². The van der Waals surface area contributed by atoms with Gasteiger partial charge in [0.2, 0.25) is 0 Å². The molecule has 0 atom stereocenters. The Bertz CT molecular complexity index is 462. The Balaban J connectivity index is 2.16. The maximum Gasteiger partial charge on any atom is 0.0827 e. The summed E-state index contributed by atoms with van der Waals surface area (Å²) in [6, 6.07) is 4.78. The molecule has 0 saturated carbocycles. The molecule has 0 bridgehead atoms. The zero-order chi connectivity index (χ0) is 11.3. The van der Waals surface area contributed by atoms with Crippen LogP contribution in [0.25, 0.3) is 0 Å². The van der Waals surface area contributed by atoms with Crippen molar-refractivity contribution >= 4 is 22.9 Å². The Morgan fingerprint density at radius 3 is 2.50 bits per heavy atom. The second kappa shape index (κ2) is 3.56. The van der Waals surface area contributed by atoms with E-state index in [2.05, 4.69) is 30.9 Å². The molecule has 1 aromatic carbocycles. The highest BCUT2D eigenvalue weighted by Crippen LogP contribution is 2.39. The maximum atomic E-state index is 5.45. The molecule has 2 aliphatic rings. The summed E-state index contributed by atoms with van der Waals surface area (Å²) in [6.45, 7) is 5.64. The van der Waals surface area contributed by atoms with E-state index in [1.807, 2.05) is 0 Å². The third kappa shape index (κ3) is 1.40. The Hall–Kier alpha value is -0.890. The van der Waals surface area contributed by atoms with Gasteiger partial charge in [-0.05, 0) is 35.4 Å². The topological polar surface area (TPSA) is 3.24 Å². The van der Waals surface area contributed by atoms with Crippen LogP contribution in [-0.4, -0.2) is 11.5 Å². The lowest BCUT2D eigenvalue weighted by Gasteiger charge is -2.28. The van der Waals surface area contributed by atoms with Gasteiger partial charge in [0, 0.05) is 18.7 Å². The summed E-state index contributed by atoms with van der Waals surface area (Å²) in [4.78, 5) is 3.50. The molecule has 84 valence electrons. The van der Waals surface area contributed by atoms with Gasteiger partial charge in [0.1, 0.15) is 0 Å². The fourth-order valence-electron chi connectivity index (χ4n) is 2.82. The molecule has 1 aromatic rings. The van der Waals surface area contributed by atoms with Crippen molar-refractivity contribution in [3.05, 3.63) is 28.8 Å². The highest BCUT2D eigenvalue weighted by atomic mass is 32.1. The molecule has 16 heavy (non-hydrogen) atoms. The van der Waals surface area contributed by atoms with Crippen LogP contribution in [0.3, 0.4) is 0 Å². The number of aryl methyl sites for hydroxylation is 1. The lowest BCUT2D eigenvalue weighted by Crippen LogP contribution is -2.31. The second-order valence-electron chi connectivity index (χ2n) is 5.14. The van der Waals surface area contributed by atoms with E-state index in [4.69, 9.17) is 12.2 Å². The lowest BCUT2D eigenvalue weighted by molar-refractivity contribution is 0.857. The van der Waals surface area contributed by atoms with Crippen LogP contribution in [0.15, 0.2) is 12.1 Å². The molecule has 0 N–H and O–H groups in total. The van der Waals surface area contributed by atoms with Gasteiger partial charge in [-0.15, -0.1) is 0 Å². The van der Waals surface area contributed by atoms with Gasteiger partial charge in [-0.1, -0.05) is 38.2 Å². The predicted molar refractivity (Wildman–Crippen MR) is 72.5 cm³/mol. The van der Waals surface area contributed by atoms with Gasteiger partial charge in [-0.25, -0.2) is 0 Å². The van der Waals surface area contributed by atoms with E-state index in [-0.39, 0.29) is 0 Å². The highest BCUT2D eigenvalue weighted by Gasteiger charge is 2.29. The first-order valence-electron chi connectivity index (χ1n) is 6.13. The molecule has 2 heteroatoms. The summed E-state index contributed by atoms with van der Waals surface area (Å²) in [5.41, 5.74) is 5.97. The number of hydrogen-bond acceptors (Lipinski definition) is 1. The van der Waals surface area contributed by atoms with E-state index in [0.29, 0.717) is 5.92 Å². The number of anilines is 1. The second-order valence-corrected chi connectivity index (χ2v) is 5.61. The van der Waals surface area contributed by atoms with Gasteiger partial charge in [0.05, 0.1) is 4.99 Å². The smallest absolute Gasteiger partial charge is 0.0827 e. The molecular weight excluding hydrogens is 214 g/mol. The van der Waals surface area contributed by atoms with E-state index < -0.39 is 0 Å². The number of benzene rings is 1.